The van der Waals surface area contributed by atoms with Crippen LogP contribution in [0, 0.1) is 0 Å². The highest BCUT2D eigenvalue weighted by molar-refractivity contribution is 7.02. The number of hydrogen-bond donors (Lipinski definition) is 0. The lowest BCUT2D eigenvalue weighted by Crippen LogP contribution is -2.59. The molecule has 4 heterocycles. The SMILES string of the molecule is CC(C)(C)c1ccc2c(c1)c1cc(C(C)(C)C)cc3c1n2-c1cccc2c1B3c1c3ccc4c(-c5ccccc5)ccc5ccc(c3c54)c3c4ccc(C(C)(C)C)cc4n-2c13. The highest BCUT2D eigenvalue weighted by Crippen LogP contribution is 2.48. The molecule has 0 bridgehead atoms. The minimum Gasteiger partial charge on any atom is -0.310 e. The maximum atomic E-state index is 2.67. The van der Waals surface area contributed by atoms with Crippen molar-refractivity contribution >= 4 is 99.0 Å². The summed E-state index contributed by atoms with van der Waals surface area (Å²) in [6, 6.07) is 52.2. The molecule has 2 aliphatic rings. The van der Waals surface area contributed by atoms with E-state index < -0.39 is 0 Å². The minimum absolute atomic E-state index is 0.00274. The van der Waals surface area contributed by atoms with E-state index >= 15 is 0 Å². The molecule has 2 aromatic heterocycles. The predicted molar refractivity (Wildman–Crippen MR) is 265 cm³/mol. The Labute approximate surface area is 357 Å². The molecule has 0 aliphatic carbocycles. The number of hydrogen-bond acceptors (Lipinski definition) is 0. The van der Waals surface area contributed by atoms with Crippen LogP contribution >= 0.6 is 0 Å². The molecule has 2 aliphatic heterocycles. The molecule has 9 aromatic carbocycles. The van der Waals surface area contributed by atoms with E-state index in [4.69, 9.17) is 0 Å². The Hall–Kier alpha value is -6.32. The van der Waals surface area contributed by atoms with Gasteiger partial charge in [0.15, 0.2) is 0 Å². The Morgan fingerprint density at radius 3 is 1.75 bits per heavy atom. The van der Waals surface area contributed by atoms with E-state index in [1.54, 1.807) is 0 Å². The van der Waals surface area contributed by atoms with Crippen molar-refractivity contribution < 1.29 is 0 Å². The second-order valence-corrected chi connectivity index (χ2v) is 21.4. The normalized spacial score (nSPS) is 14.0. The predicted octanol–water partition coefficient (Wildman–Crippen LogP) is 13.5. The largest absolute Gasteiger partial charge is 0.310 e. The maximum Gasteiger partial charge on any atom is 0.253 e. The molecular formula is C58H49BN2. The van der Waals surface area contributed by atoms with Crippen LogP contribution in [-0.2, 0) is 16.2 Å². The van der Waals surface area contributed by atoms with Gasteiger partial charge in [0, 0.05) is 38.4 Å². The summed E-state index contributed by atoms with van der Waals surface area (Å²) in [5, 5.41) is 13.5. The van der Waals surface area contributed by atoms with Crippen LogP contribution in [0.4, 0.5) is 0 Å². The second kappa shape index (κ2) is 11.3. The summed E-state index contributed by atoms with van der Waals surface area (Å²) in [6.45, 7) is 21.2. The molecule has 0 saturated heterocycles. The molecule has 2 nitrogen and oxygen atoms in total. The monoisotopic (exact) mass is 784 g/mol. The van der Waals surface area contributed by atoms with Crippen molar-refractivity contribution in [2.75, 3.05) is 0 Å². The Bertz CT molecular complexity index is 3740. The first-order valence-corrected chi connectivity index (χ1v) is 22.2. The molecule has 3 heteroatoms. The fraction of sp³-hybridized carbons (Fsp3) is 0.207. The molecule has 0 N–H and O–H groups in total. The fourth-order valence-corrected chi connectivity index (χ4v) is 11.6. The van der Waals surface area contributed by atoms with Crippen molar-refractivity contribution in [2.45, 2.75) is 78.6 Å². The Balaban J connectivity index is 1.28. The van der Waals surface area contributed by atoms with Crippen molar-refractivity contribution in [3.8, 4) is 22.5 Å². The number of nitrogens with zero attached hydrogens (tertiary/aromatic N) is 2. The molecule has 294 valence electrons. The van der Waals surface area contributed by atoms with E-state index in [0.29, 0.717) is 0 Å². The fourth-order valence-electron chi connectivity index (χ4n) is 11.6. The van der Waals surface area contributed by atoms with Crippen LogP contribution in [0.3, 0.4) is 0 Å². The van der Waals surface area contributed by atoms with E-state index in [2.05, 4.69) is 205 Å². The lowest BCUT2D eigenvalue weighted by Gasteiger charge is -2.35. The zero-order chi connectivity index (χ0) is 41.6. The molecule has 0 saturated carbocycles. The summed E-state index contributed by atoms with van der Waals surface area (Å²) >= 11 is 0. The highest BCUT2D eigenvalue weighted by Gasteiger charge is 2.43. The Kier molecular flexibility index (Phi) is 6.58. The highest BCUT2D eigenvalue weighted by atomic mass is 15.0. The third-order valence-corrected chi connectivity index (χ3v) is 14.7. The quantitative estimate of drug-likeness (QED) is 0.116. The summed E-state index contributed by atoms with van der Waals surface area (Å²) in [6.07, 6.45) is 0. The van der Waals surface area contributed by atoms with E-state index in [0.717, 1.165) is 0 Å². The first kappa shape index (κ1) is 35.4. The van der Waals surface area contributed by atoms with Gasteiger partial charge < -0.3 is 9.13 Å². The molecule has 11 aromatic rings. The average molecular weight is 785 g/mol. The summed E-state index contributed by atoms with van der Waals surface area (Å²) in [5.41, 5.74) is 18.8. The smallest absolute Gasteiger partial charge is 0.253 e. The molecule has 0 fully saturated rings. The van der Waals surface area contributed by atoms with Crippen LogP contribution < -0.4 is 16.4 Å². The Morgan fingerprint density at radius 1 is 0.393 bits per heavy atom. The van der Waals surface area contributed by atoms with Gasteiger partial charge in [-0.3, -0.25) is 0 Å². The average Bonchev–Trinajstić information content (AvgIpc) is 3.76. The van der Waals surface area contributed by atoms with E-state index in [-0.39, 0.29) is 23.0 Å². The van der Waals surface area contributed by atoms with Gasteiger partial charge in [-0.2, -0.15) is 0 Å². The summed E-state index contributed by atoms with van der Waals surface area (Å²) < 4.78 is 5.30. The van der Waals surface area contributed by atoms with Crippen LogP contribution in [0.25, 0.3) is 98.4 Å². The lowest BCUT2D eigenvalue weighted by atomic mass is 9.33. The van der Waals surface area contributed by atoms with Gasteiger partial charge in [-0.25, -0.2) is 0 Å². The van der Waals surface area contributed by atoms with Crippen LogP contribution in [0.5, 0.6) is 0 Å². The topological polar surface area (TPSA) is 9.86 Å². The van der Waals surface area contributed by atoms with Crippen molar-refractivity contribution in [2.24, 2.45) is 0 Å². The van der Waals surface area contributed by atoms with E-state index in [9.17, 15) is 0 Å². The number of aromatic nitrogens is 2. The minimum atomic E-state index is -0.0424. The van der Waals surface area contributed by atoms with E-state index in [1.165, 1.54) is 132 Å². The summed E-state index contributed by atoms with van der Waals surface area (Å²) in [5.74, 6) is 0. The van der Waals surface area contributed by atoms with Crippen LogP contribution in [-0.4, -0.2) is 15.8 Å². The van der Waals surface area contributed by atoms with Gasteiger partial charge >= 0.3 is 0 Å². The zero-order valence-electron chi connectivity index (χ0n) is 36.7. The first-order chi connectivity index (χ1) is 29.2. The van der Waals surface area contributed by atoms with Gasteiger partial charge in [-0.1, -0.05) is 159 Å². The van der Waals surface area contributed by atoms with Gasteiger partial charge in [0.2, 0.25) is 0 Å². The molecule has 0 spiro atoms. The van der Waals surface area contributed by atoms with Crippen LogP contribution in [0.2, 0.25) is 0 Å². The molecular weight excluding hydrogens is 735 g/mol. The van der Waals surface area contributed by atoms with Crippen molar-refractivity contribution in [3.05, 3.63) is 150 Å². The van der Waals surface area contributed by atoms with E-state index in [1.807, 2.05) is 0 Å². The molecule has 0 unspecified atom stereocenters. The molecule has 13 rings (SSSR count). The van der Waals surface area contributed by atoms with Crippen molar-refractivity contribution in [3.63, 3.8) is 0 Å². The van der Waals surface area contributed by atoms with Crippen molar-refractivity contribution in [1.29, 1.82) is 0 Å². The van der Waals surface area contributed by atoms with Gasteiger partial charge in [-0.15, -0.1) is 0 Å². The molecule has 0 amide bonds. The number of benzene rings is 9. The molecule has 0 atom stereocenters. The van der Waals surface area contributed by atoms with Crippen LogP contribution in [0.15, 0.2) is 133 Å². The van der Waals surface area contributed by atoms with Gasteiger partial charge in [-0.05, 0) is 129 Å². The zero-order valence-corrected chi connectivity index (χ0v) is 36.7. The number of rotatable bonds is 1. The third kappa shape index (κ3) is 4.49. The lowest BCUT2D eigenvalue weighted by molar-refractivity contribution is 0.590. The standard InChI is InChI=1S/C58H49BN2/c1-56(2,3)34-21-27-45-42(28-34)43-29-36(58(7,8)9)30-44-54(43)60(45)46-16-13-17-47-53(46)59(44)52-41-26-25-38-37(32-14-11-10-12-15-32)22-18-33-19-23-40(50(41)49(33)38)51-39-24-20-35(57(4,5)6)31-48(39)61(47)55(51)52/h10-31H,1-9H3. The van der Waals surface area contributed by atoms with Gasteiger partial charge in [0.1, 0.15) is 0 Å². The Morgan fingerprint density at radius 2 is 1.02 bits per heavy atom. The van der Waals surface area contributed by atoms with Gasteiger partial charge in [0.25, 0.3) is 6.71 Å². The summed E-state index contributed by atoms with van der Waals surface area (Å²) in [4.78, 5) is 0. The second-order valence-electron chi connectivity index (χ2n) is 21.4. The maximum absolute atomic E-state index is 2.67. The molecule has 0 radical (unpaired) electrons. The first-order valence-electron chi connectivity index (χ1n) is 22.2. The third-order valence-electron chi connectivity index (χ3n) is 14.7. The van der Waals surface area contributed by atoms with Gasteiger partial charge in [0.05, 0.1) is 16.6 Å². The van der Waals surface area contributed by atoms with Crippen molar-refractivity contribution in [1.82, 2.24) is 9.13 Å². The number of fused-ring (bicyclic) bond motifs is 12. The van der Waals surface area contributed by atoms with Crippen LogP contribution in [0.1, 0.15) is 79.0 Å². The summed E-state index contributed by atoms with van der Waals surface area (Å²) in [7, 11) is 0. The molecule has 61 heavy (non-hydrogen) atoms.